The van der Waals surface area contributed by atoms with Crippen LogP contribution in [0.25, 0.3) is 0 Å². The standard InChI is InChI=1S/C12H11Cl2N3O3S/c13-6-1-2-7(8(14)3-6)11-16(10(19)5-21-11)17-9(18)4-15-12(17)20/h1-2,8,11H,3-5H2,(H,15,20)/t8-,11-/m1/s1. The molecule has 1 N–H and O–H groups in total. The second kappa shape index (κ2) is 5.55. The van der Waals surface area contributed by atoms with Crippen LogP contribution in [0, 0.1) is 0 Å². The number of carbonyl (C=O) groups excluding carboxylic acids is 3. The Hall–Kier alpha value is -1.18. The highest BCUT2D eigenvalue weighted by atomic mass is 35.5. The van der Waals surface area contributed by atoms with Gasteiger partial charge in [0, 0.05) is 11.5 Å². The van der Waals surface area contributed by atoms with Gasteiger partial charge in [-0.2, -0.15) is 5.01 Å². The van der Waals surface area contributed by atoms with Crippen LogP contribution >= 0.6 is 35.0 Å². The molecule has 0 unspecified atom stereocenters. The van der Waals surface area contributed by atoms with Crippen molar-refractivity contribution in [2.24, 2.45) is 0 Å². The molecule has 2 fully saturated rings. The van der Waals surface area contributed by atoms with E-state index in [1.165, 1.54) is 16.8 Å². The monoisotopic (exact) mass is 347 g/mol. The van der Waals surface area contributed by atoms with Crippen molar-refractivity contribution in [2.75, 3.05) is 12.3 Å². The van der Waals surface area contributed by atoms with E-state index in [4.69, 9.17) is 23.2 Å². The van der Waals surface area contributed by atoms with Crippen molar-refractivity contribution >= 4 is 52.8 Å². The normalized spacial score (nSPS) is 29.7. The molecule has 2 heterocycles. The molecule has 0 radical (unpaired) electrons. The maximum absolute atomic E-state index is 12.1. The minimum absolute atomic E-state index is 0.102. The van der Waals surface area contributed by atoms with Gasteiger partial charge in [-0.25, -0.2) is 9.80 Å². The van der Waals surface area contributed by atoms with Gasteiger partial charge in [-0.3, -0.25) is 9.59 Å². The molecule has 112 valence electrons. The average Bonchev–Trinajstić information content (AvgIpc) is 2.94. The minimum Gasteiger partial charge on any atom is -0.327 e. The highest BCUT2D eigenvalue weighted by Gasteiger charge is 2.46. The third kappa shape index (κ3) is 2.54. The lowest BCUT2D eigenvalue weighted by Crippen LogP contribution is -2.52. The molecule has 0 aromatic carbocycles. The second-order valence-electron chi connectivity index (χ2n) is 4.72. The van der Waals surface area contributed by atoms with E-state index in [0.717, 1.165) is 10.6 Å². The van der Waals surface area contributed by atoms with Crippen LogP contribution in [-0.4, -0.2) is 50.9 Å². The Labute approximate surface area is 135 Å². The quantitative estimate of drug-likeness (QED) is 0.605. The number of thioether (sulfide) groups is 1. The molecule has 4 amide bonds. The van der Waals surface area contributed by atoms with E-state index in [1.54, 1.807) is 12.2 Å². The Bertz CT molecular complexity index is 576. The van der Waals surface area contributed by atoms with Crippen LogP contribution in [0.5, 0.6) is 0 Å². The molecule has 1 aliphatic carbocycles. The van der Waals surface area contributed by atoms with E-state index in [9.17, 15) is 14.4 Å². The highest BCUT2D eigenvalue weighted by Crippen LogP contribution is 2.39. The number of hydrogen-bond acceptors (Lipinski definition) is 4. The van der Waals surface area contributed by atoms with Crippen molar-refractivity contribution in [3.05, 3.63) is 22.8 Å². The Kier molecular flexibility index (Phi) is 3.90. The van der Waals surface area contributed by atoms with E-state index in [0.29, 0.717) is 11.5 Å². The number of carbonyl (C=O) groups is 3. The maximum Gasteiger partial charge on any atom is 0.344 e. The Morgan fingerprint density at radius 1 is 1.24 bits per heavy atom. The molecule has 21 heavy (non-hydrogen) atoms. The molecule has 6 nitrogen and oxygen atoms in total. The van der Waals surface area contributed by atoms with Gasteiger partial charge in [-0.1, -0.05) is 17.7 Å². The Balaban J connectivity index is 1.93. The van der Waals surface area contributed by atoms with E-state index >= 15 is 0 Å². The second-order valence-corrected chi connectivity index (χ2v) is 6.80. The Morgan fingerprint density at radius 2 is 2.00 bits per heavy atom. The number of imide groups is 1. The first-order chi connectivity index (χ1) is 9.99. The van der Waals surface area contributed by atoms with E-state index in [1.807, 2.05) is 0 Å². The lowest BCUT2D eigenvalue weighted by Gasteiger charge is -2.33. The number of halogens is 2. The van der Waals surface area contributed by atoms with E-state index < -0.39 is 17.3 Å². The molecule has 0 saturated carbocycles. The average molecular weight is 348 g/mol. The van der Waals surface area contributed by atoms with Gasteiger partial charge in [0.1, 0.15) is 11.9 Å². The molecule has 0 spiro atoms. The number of urea groups is 1. The van der Waals surface area contributed by atoms with Gasteiger partial charge >= 0.3 is 6.03 Å². The fourth-order valence-electron chi connectivity index (χ4n) is 2.39. The molecule has 0 aromatic rings. The number of rotatable bonds is 2. The molecule has 0 aromatic heterocycles. The fourth-order valence-corrected chi connectivity index (χ4v) is 4.34. The summed E-state index contributed by atoms with van der Waals surface area (Å²) in [7, 11) is 0. The summed E-state index contributed by atoms with van der Waals surface area (Å²) in [5, 5.41) is 4.28. The van der Waals surface area contributed by atoms with Crippen LogP contribution in [0.3, 0.4) is 0 Å². The molecule has 2 saturated heterocycles. The predicted molar refractivity (Wildman–Crippen MR) is 79.6 cm³/mol. The first-order valence-electron chi connectivity index (χ1n) is 6.23. The van der Waals surface area contributed by atoms with Crippen LogP contribution in [0.4, 0.5) is 4.79 Å². The minimum atomic E-state index is -0.586. The van der Waals surface area contributed by atoms with E-state index in [-0.39, 0.29) is 23.6 Å². The molecular weight excluding hydrogens is 337 g/mol. The summed E-state index contributed by atoms with van der Waals surface area (Å²) >= 11 is 13.6. The molecule has 2 atom stereocenters. The van der Waals surface area contributed by atoms with Crippen LogP contribution in [0.15, 0.2) is 22.8 Å². The summed E-state index contributed by atoms with van der Waals surface area (Å²) in [6.45, 7) is -0.102. The maximum atomic E-state index is 12.1. The number of hydrogen-bond donors (Lipinski definition) is 1. The lowest BCUT2D eigenvalue weighted by molar-refractivity contribution is -0.151. The van der Waals surface area contributed by atoms with Crippen LogP contribution in [0.2, 0.25) is 0 Å². The molecule has 9 heteroatoms. The number of amides is 4. The van der Waals surface area contributed by atoms with Crippen molar-refractivity contribution in [2.45, 2.75) is 17.2 Å². The van der Waals surface area contributed by atoms with Gasteiger partial charge in [0.2, 0.25) is 0 Å². The SMILES string of the molecule is O=C1CNC(=O)N1N1C(=O)CS[C@@H]1C1=CC=C(Cl)C[C@H]1Cl. The predicted octanol–water partition coefficient (Wildman–Crippen LogP) is 1.41. The number of nitrogens with zero attached hydrogens (tertiary/aromatic N) is 2. The summed E-state index contributed by atoms with van der Waals surface area (Å²) < 4.78 is 0. The third-order valence-corrected chi connectivity index (χ3v) is 5.24. The Morgan fingerprint density at radius 3 is 2.62 bits per heavy atom. The van der Waals surface area contributed by atoms with Gasteiger partial charge < -0.3 is 5.32 Å². The molecule has 3 rings (SSSR count). The van der Waals surface area contributed by atoms with Crippen LogP contribution in [-0.2, 0) is 9.59 Å². The van der Waals surface area contributed by atoms with Crippen molar-refractivity contribution < 1.29 is 14.4 Å². The van der Waals surface area contributed by atoms with Crippen LogP contribution < -0.4 is 5.32 Å². The van der Waals surface area contributed by atoms with Crippen LogP contribution in [0.1, 0.15) is 6.42 Å². The third-order valence-electron chi connectivity index (χ3n) is 3.35. The molecule has 0 bridgehead atoms. The zero-order valence-corrected chi connectivity index (χ0v) is 13.0. The lowest BCUT2D eigenvalue weighted by atomic mass is 10.0. The van der Waals surface area contributed by atoms with Crippen molar-refractivity contribution in [3.8, 4) is 0 Å². The first-order valence-corrected chi connectivity index (χ1v) is 8.10. The topological polar surface area (TPSA) is 69.7 Å². The van der Waals surface area contributed by atoms with Gasteiger partial charge in [0.25, 0.3) is 11.8 Å². The van der Waals surface area contributed by atoms with E-state index in [2.05, 4.69) is 5.32 Å². The summed E-state index contributed by atoms with van der Waals surface area (Å²) in [5.41, 5.74) is 0.768. The highest BCUT2D eigenvalue weighted by molar-refractivity contribution is 8.01. The van der Waals surface area contributed by atoms with Crippen molar-refractivity contribution in [1.82, 2.24) is 15.3 Å². The molecular formula is C12H11Cl2N3O3S. The summed E-state index contributed by atoms with van der Waals surface area (Å²) in [4.78, 5) is 35.7. The van der Waals surface area contributed by atoms with Crippen molar-refractivity contribution in [1.29, 1.82) is 0 Å². The van der Waals surface area contributed by atoms with Crippen molar-refractivity contribution in [3.63, 3.8) is 0 Å². The fraction of sp³-hybridized carbons (Fsp3) is 0.417. The summed E-state index contributed by atoms with van der Waals surface area (Å²) in [6, 6.07) is -0.586. The first kappa shape index (κ1) is 14.7. The van der Waals surface area contributed by atoms with Gasteiger partial charge in [0.15, 0.2) is 0 Å². The zero-order chi connectivity index (χ0) is 15.1. The van der Waals surface area contributed by atoms with Gasteiger partial charge in [-0.05, 0) is 11.6 Å². The zero-order valence-electron chi connectivity index (χ0n) is 10.7. The largest absolute Gasteiger partial charge is 0.344 e. The number of nitrogens with one attached hydrogen (secondary N) is 1. The summed E-state index contributed by atoms with van der Waals surface area (Å²) in [6.07, 6.45) is 3.95. The van der Waals surface area contributed by atoms with Gasteiger partial charge in [0.05, 0.1) is 11.1 Å². The molecule has 3 aliphatic rings. The van der Waals surface area contributed by atoms with Gasteiger partial charge in [-0.15, -0.1) is 23.4 Å². The number of hydrazine groups is 1. The number of allylic oxidation sites excluding steroid dienone is 3. The molecule has 2 aliphatic heterocycles. The summed E-state index contributed by atoms with van der Waals surface area (Å²) in [5.74, 6) is -0.544. The number of alkyl halides is 1. The smallest absolute Gasteiger partial charge is 0.327 e.